The van der Waals surface area contributed by atoms with Gasteiger partial charge in [0.15, 0.2) is 5.01 Å². The molecule has 0 saturated carbocycles. The summed E-state index contributed by atoms with van der Waals surface area (Å²) >= 11 is 0.762. The highest BCUT2D eigenvalue weighted by Crippen LogP contribution is 2.42. The van der Waals surface area contributed by atoms with Crippen molar-refractivity contribution in [3.05, 3.63) is 28.5 Å². The van der Waals surface area contributed by atoms with Crippen LogP contribution in [0.1, 0.15) is 73.3 Å². The van der Waals surface area contributed by atoms with Gasteiger partial charge in [0.05, 0.1) is 29.2 Å². The Balaban J connectivity index is 1.81. The molecule has 0 aromatic carbocycles. The average Bonchev–Trinajstić information content (AvgIpc) is 3.37. The maximum atomic E-state index is 14.2. The van der Waals surface area contributed by atoms with Crippen LogP contribution in [0.3, 0.4) is 0 Å². The second-order valence-electron chi connectivity index (χ2n) is 10.7. The molecular formula is C24H30F3N5O3S. The molecule has 36 heavy (non-hydrogen) atoms. The van der Waals surface area contributed by atoms with Gasteiger partial charge < -0.3 is 20.3 Å². The summed E-state index contributed by atoms with van der Waals surface area (Å²) in [5, 5.41) is 5.67. The van der Waals surface area contributed by atoms with Gasteiger partial charge in [-0.1, -0.05) is 0 Å². The van der Waals surface area contributed by atoms with Crippen LogP contribution in [0.15, 0.2) is 12.3 Å². The van der Waals surface area contributed by atoms with Crippen LogP contribution >= 0.6 is 11.3 Å². The van der Waals surface area contributed by atoms with Gasteiger partial charge >= 0.3 is 6.18 Å². The second kappa shape index (κ2) is 9.29. The maximum absolute atomic E-state index is 14.2. The third kappa shape index (κ3) is 5.49. The van der Waals surface area contributed by atoms with E-state index in [9.17, 15) is 22.8 Å². The predicted molar refractivity (Wildman–Crippen MR) is 130 cm³/mol. The van der Waals surface area contributed by atoms with Crippen molar-refractivity contribution in [1.29, 1.82) is 0 Å². The number of ether oxygens (including phenoxy) is 1. The van der Waals surface area contributed by atoms with Crippen molar-refractivity contribution in [1.82, 2.24) is 20.2 Å². The monoisotopic (exact) mass is 525 g/mol. The zero-order chi connectivity index (χ0) is 26.5. The molecule has 2 aliphatic rings. The van der Waals surface area contributed by atoms with Crippen LogP contribution in [0.4, 0.5) is 19.0 Å². The Bertz CT molecular complexity index is 1170. The molecule has 0 aliphatic carbocycles. The minimum absolute atomic E-state index is 0.0265. The number of carbonyl (C=O) groups excluding carboxylic acids is 2. The van der Waals surface area contributed by atoms with Crippen LogP contribution in [-0.2, 0) is 10.9 Å². The summed E-state index contributed by atoms with van der Waals surface area (Å²) in [6.45, 7) is 10.2. The number of aromatic nitrogens is 2. The van der Waals surface area contributed by atoms with E-state index in [1.807, 2.05) is 27.7 Å². The Morgan fingerprint density at radius 3 is 2.47 bits per heavy atom. The fraction of sp³-hybridized carbons (Fsp3) is 0.583. The first-order valence-electron chi connectivity index (χ1n) is 11.7. The first kappa shape index (κ1) is 26.3. The number of amides is 2. The molecule has 2 amide bonds. The van der Waals surface area contributed by atoms with Crippen LogP contribution in [0.2, 0.25) is 0 Å². The normalized spacial score (nSPS) is 19.7. The minimum atomic E-state index is -4.73. The number of halogens is 3. The van der Waals surface area contributed by atoms with Gasteiger partial charge in [0.2, 0.25) is 0 Å². The predicted octanol–water partition coefficient (Wildman–Crippen LogP) is 4.58. The molecular weight excluding hydrogens is 495 g/mol. The molecule has 2 saturated heterocycles. The Kier molecular flexibility index (Phi) is 6.80. The van der Waals surface area contributed by atoms with Crippen molar-refractivity contribution in [3.8, 4) is 10.4 Å². The Morgan fingerprint density at radius 2 is 1.94 bits per heavy atom. The third-order valence-corrected chi connectivity index (χ3v) is 7.14. The highest BCUT2D eigenvalue weighted by Gasteiger charge is 2.40. The number of hydrogen-bond acceptors (Lipinski definition) is 7. The van der Waals surface area contributed by atoms with E-state index in [1.54, 1.807) is 11.8 Å². The quantitative estimate of drug-likeness (QED) is 0.594. The van der Waals surface area contributed by atoms with E-state index in [-0.39, 0.29) is 33.0 Å². The number of anilines is 1. The summed E-state index contributed by atoms with van der Waals surface area (Å²) in [6, 6.07) is 0.855. The van der Waals surface area contributed by atoms with Gasteiger partial charge in [0.1, 0.15) is 11.5 Å². The third-order valence-electron chi connectivity index (χ3n) is 6.05. The zero-order valence-corrected chi connectivity index (χ0v) is 21.7. The van der Waals surface area contributed by atoms with Crippen LogP contribution in [0.25, 0.3) is 10.4 Å². The van der Waals surface area contributed by atoms with Crippen molar-refractivity contribution in [2.45, 2.75) is 70.8 Å². The molecule has 12 heteroatoms. The number of thiazole rings is 1. The van der Waals surface area contributed by atoms with Crippen LogP contribution in [0, 0.1) is 0 Å². The summed E-state index contributed by atoms with van der Waals surface area (Å²) in [6.07, 6.45) is -2.05. The van der Waals surface area contributed by atoms with Crippen LogP contribution < -0.4 is 10.6 Å². The molecule has 2 aromatic rings. The highest BCUT2D eigenvalue weighted by molar-refractivity contribution is 7.17. The fourth-order valence-corrected chi connectivity index (χ4v) is 5.22. The van der Waals surface area contributed by atoms with Crippen LogP contribution in [-0.4, -0.2) is 63.6 Å². The molecule has 2 aromatic heterocycles. The molecule has 0 bridgehead atoms. The molecule has 0 spiro atoms. The molecule has 8 nitrogen and oxygen atoms in total. The lowest BCUT2D eigenvalue weighted by Gasteiger charge is -2.38. The Morgan fingerprint density at radius 1 is 1.25 bits per heavy atom. The van der Waals surface area contributed by atoms with E-state index >= 15 is 0 Å². The highest BCUT2D eigenvalue weighted by atomic mass is 32.1. The zero-order valence-electron chi connectivity index (χ0n) is 20.9. The van der Waals surface area contributed by atoms with Gasteiger partial charge in [-0.05, 0) is 53.5 Å². The van der Waals surface area contributed by atoms with E-state index in [4.69, 9.17) is 4.74 Å². The lowest BCUT2D eigenvalue weighted by Crippen LogP contribution is -2.59. The lowest BCUT2D eigenvalue weighted by molar-refractivity contribution is -0.137. The molecule has 196 valence electrons. The SMILES string of the molecule is C[C@H]1CCCN1C(=O)c1nc(C(=O)NC2(C)COC2)sc1-c1cnc(NC(C)(C)C)cc1C(F)(F)F. The number of rotatable bonds is 5. The van der Waals surface area contributed by atoms with Crippen molar-refractivity contribution < 1.29 is 27.5 Å². The van der Waals surface area contributed by atoms with Gasteiger partial charge in [0, 0.05) is 29.9 Å². The molecule has 4 heterocycles. The summed E-state index contributed by atoms with van der Waals surface area (Å²) in [5.41, 5.74) is -2.51. The molecule has 0 unspecified atom stereocenters. The standard InChI is InChI=1S/C24H30F3N5O3S/c1-13-7-6-8-32(13)21(34)17-18(36-20(29-17)19(33)31-23(5)11-35-12-23)14-10-28-16(30-22(2,3)4)9-15(14)24(25,26)27/h9-10,13H,6-8,11-12H2,1-5H3,(H,28,30)(H,31,33)/t13-/m0/s1. The van der Waals surface area contributed by atoms with Gasteiger partial charge in [-0.3, -0.25) is 9.59 Å². The molecule has 1 atom stereocenters. The first-order chi connectivity index (χ1) is 16.7. The maximum Gasteiger partial charge on any atom is 0.417 e. The lowest BCUT2D eigenvalue weighted by atomic mass is 10.0. The summed E-state index contributed by atoms with van der Waals surface area (Å²) < 4.78 is 47.8. The summed E-state index contributed by atoms with van der Waals surface area (Å²) in [4.78, 5) is 36.5. The van der Waals surface area contributed by atoms with Gasteiger partial charge in [-0.15, -0.1) is 11.3 Å². The van der Waals surface area contributed by atoms with Gasteiger partial charge in [-0.25, -0.2) is 9.97 Å². The van der Waals surface area contributed by atoms with Crippen molar-refractivity contribution in [2.75, 3.05) is 25.1 Å². The second-order valence-corrected chi connectivity index (χ2v) is 11.7. The Labute approximate surface area is 211 Å². The van der Waals surface area contributed by atoms with Crippen molar-refractivity contribution in [3.63, 3.8) is 0 Å². The number of carbonyl (C=O) groups is 2. The van der Waals surface area contributed by atoms with E-state index in [2.05, 4.69) is 20.6 Å². The van der Waals surface area contributed by atoms with Gasteiger partial charge in [0.25, 0.3) is 11.8 Å². The number of pyridine rings is 1. The van der Waals surface area contributed by atoms with E-state index < -0.39 is 34.6 Å². The minimum Gasteiger partial charge on any atom is -0.376 e. The van der Waals surface area contributed by atoms with E-state index in [1.165, 1.54) is 0 Å². The number of alkyl halides is 3. The Hall–Kier alpha value is -2.73. The molecule has 4 rings (SSSR count). The number of nitrogens with zero attached hydrogens (tertiary/aromatic N) is 3. The molecule has 0 radical (unpaired) electrons. The number of hydrogen-bond donors (Lipinski definition) is 2. The average molecular weight is 526 g/mol. The molecule has 2 fully saturated rings. The van der Waals surface area contributed by atoms with E-state index in [0.29, 0.717) is 19.8 Å². The largest absolute Gasteiger partial charge is 0.417 e. The molecule has 2 aliphatic heterocycles. The smallest absolute Gasteiger partial charge is 0.376 e. The fourth-order valence-electron chi connectivity index (χ4n) is 4.25. The number of nitrogens with one attached hydrogen (secondary N) is 2. The molecule has 2 N–H and O–H groups in total. The van der Waals surface area contributed by atoms with E-state index in [0.717, 1.165) is 36.4 Å². The topological polar surface area (TPSA) is 96.5 Å². The number of likely N-dealkylation sites (tertiary alicyclic amines) is 1. The van der Waals surface area contributed by atoms with Crippen molar-refractivity contribution >= 4 is 29.0 Å². The first-order valence-corrected chi connectivity index (χ1v) is 12.6. The van der Waals surface area contributed by atoms with Gasteiger partial charge in [-0.2, -0.15) is 13.2 Å². The van der Waals surface area contributed by atoms with Crippen molar-refractivity contribution in [2.24, 2.45) is 0 Å². The summed E-state index contributed by atoms with van der Waals surface area (Å²) in [5.74, 6) is -0.998. The summed E-state index contributed by atoms with van der Waals surface area (Å²) in [7, 11) is 0. The van der Waals surface area contributed by atoms with Crippen LogP contribution in [0.5, 0.6) is 0 Å².